The highest BCUT2D eigenvalue weighted by molar-refractivity contribution is 14.1. The van der Waals surface area contributed by atoms with Crippen LogP contribution in [0.4, 0.5) is 5.69 Å². The number of rotatable bonds is 7. The van der Waals surface area contributed by atoms with Crippen LogP contribution in [0.1, 0.15) is 47.4 Å². The molecule has 0 saturated carbocycles. The number of anilines is 1. The molecule has 1 heterocycles. The lowest BCUT2D eigenvalue weighted by atomic mass is 10.2. The van der Waals surface area contributed by atoms with E-state index in [0.29, 0.717) is 24.2 Å². The highest BCUT2D eigenvalue weighted by atomic mass is 127. The molecule has 0 aliphatic rings. The fourth-order valence-electron chi connectivity index (χ4n) is 2.79. The molecule has 0 bridgehead atoms. The molecule has 144 valence electrons. The number of pyridine rings is 1. The minimum atomic E-state index is -0.374. The van der Waals surface area contributed by atoms with Gasteiger partial charge in [-0.1, -0.05) is 26.0 Å². The third-order valence-corrected chi connectivity index (χ3v) is 5.01. The Morgan fingerprint density at radius 2 is 1.78 bits per heavy atom. The van der Waals surface area contributed by atoms with Crippen molar-refractivity contribution in [2.45, 2.75) is 26.7 Å². The van der Waals surface area contributed by atoms with Gasteiger partial charge in [0.05, 0.1) is 11.1 Å². The summed E-state index contributed by atoms with van der Waals surface area (Å²) < 4.78 is 2.11. The first-order chi connectivity index (χ1) is 12.9. The molecule has 1 aromatic heterocycles. The van der Waals surface area contributed by atoms with E-state index in [9.17, 15) is 14.4 Å². The average molecular weight is 481 g/mol. The van der Waals surface area contributed by atoms with Gasteiger partial charge in [0, 0.05) is 29.9 Å². The zero-order valence-electron chi connectivity index (χ0n) is 15.8. The molecule has 0 unspecified atom stereocenters. The molecule has 1 aromatic carbocycles. The molecule has 7 heteroatoms. The molecule has 0 saturated heterocycles. The lowest BCUT2D eigenvalue weighted by molar-refractivity contribution is 0.0754. The van der Waals surface area contributed by atoms with Crippen molar-refractivity contribution >= 4 is 40.1 Å². The van der Waals surface area contributed by atoms with Gasteiger partial charge >= 0.3 is 0 Å². The second-order valence-corrected chi connectivity index (χ2v) is 7.45. The third kappa shape index (κ3) is 5.18. The van der Waals surface area contributed by atoms with E-state index in [1.54, 1.807) is 24.1 Å². The molecule has 0 atom stereocenters. The summed E-state index contributed by atoms with van der Waals surface area (Å²) in [6.07, 6.45) is 3.23. The van der Waals surface area contributed by atoms with E-state index in [2.05, 4.69) is 27.9 Å². The number of nitrogens with one attached hydrogen (secondary N) is 1. The average Bonchev–Trinajstić information content (AvgIpc) is 2.64. The van der Waals surface area contributed by atoms with Crippen LogP contribution in [0, 0.1) is 3.57 Å². The van der Waals surface area contributed by atoms with E-state index in [0.717, 1.165) is 16.4 Å². The summed E-state index contributed by atoms with van der Waals surface area (Å²) >= 11 is 2.07. The van der Waals surface area contributed by atoms with Crippen LogP contribution in [0.15, 0.2) is 41.3 Å². The van der Waals surface area contributed by atoms with Gasteiger partial charge < -0.3 is 14.8 Å². The van der Waals surface area contributed by atoms with Crippen LogP contribution >= 0.6 is 22.6 Å². The van der Waals surface area contributed by atoms with Crippen LogP contribution in [0.25, 0.3) is 0 Å². The van der Waals surface area contributed by atoms with Crippen molar-refractivity contribution in [2.75, 3.05) is 18.4 Å². The Labute approximate surface area is 172 Å². The van der Waals surface area contributed by atoms with E-state index in [1.807, 2.05) is 26.0 Å². The number of hydrogen-bond donors (Lipinski definition) is 1. The number of halogens is 1. The van der Waals surface area contributed by atoms with Crippen LogP contribution in [0.2, 0.25) is 0 Å². The Balaban J connectivity index is 2.35. The van der Waals surface area contributed by atoms with E-state index in [-0.39, 0.29) is 23.1 Å². The highest BCUT2D eigenvalue weighted by Gasteiger charge is 2.18. The van der Waals surface area contributed by atoms with E-state index >= 15 is 0 Å². The summed E-state index contributed by atoms with van der Waals surface area (Å²) in [5.41, 5.74) is 0.608. The van der Waals surface area contributed by atoms with Crippen LogP contribution in [-0.2, 0) is 7.05 Å². The minimum absolute atomic E-state index is 0.0981. The lowest BCUT2D eigenvalue weighted by Gasteiger charge is -2.22. The van der Waals surface area contributed by atoms with Gasteiger partial charge in [0.2, 0.25) is 0 Å². The number of aromatic nitrogens is 1. The fraction of sp³-hybridized carbons (Fsp3) is 0.350. The summed E-state index contributed by atoms with van der Waals surface area (Å²) in [5.74, 6) is -0.514. The Bertz CT molecular complexity index is 886. The molecule has 0 radical (unpaired) electrons. The molecule has 27 heavy (non-hydrogen) atoms. The minimum Gasteiger partial charge on any atom is -0.339 e. The zero-order chi connectivity index (χ0) is 20.0. The Hall–Kier alpha value is -2.16. The summed E-state index contributed by atoms with van der Waals surface area (Å²) in [6, 6.07) is 8.59. The van der Waals surface area contributed by atoms with Crippen molar-refractivity contribution in [1.29, 1.82) is 0 Å². The number of aryl methyl sites for hydroxylation is 1. The van der Waals surface area contributed by atoms with Gasteiger partial charge in [-0.2, -0.15) is 0 Å². The number of amides is 2. The van der Waals surface area contributed by atoms with Gasteiger partial charge in [0.15, 0.2) is 0 Å². The fourth-order valence-corrected chi connectivity index (χ4v) is 3.42. The molecule has 0 aliphatic carbocycles. The normalized spacial score (nSPS) is 10.5. The maximum atomic E-state index is 12.8. The number of carbonyl (C=O) groups is 2. The van der Waals surface area contributed by atoms with Crippen LogP contribution < -0.4 is 10.9 Å². The van der Waals surface area contributed by atoms with Gasteiger partial charge in [-0.3, -0.25) is 14.4 Å². The molecular weight excluding hydrogens is 457 g/mol. The molecule has 0 aliphatic heterocycles. The molecule has 0 fully saturated rings. The quantitative estimate of drug-likeness (QED) is 0.616. The lowest BCUT2D eigenvalue weighted by Crippen LogP contribution is -2.34. The largest absolute Gasteiger partial charge is 0.339 e. The van der Waals surface area contributed by atoms with Crippen molar-refractivity contribution in [1.82, 2.24) is 9.47 Å². The Kier molecular flexibility index (Phi) is 7.58. The Morgan fingerprint density at radius 1 is 1.15 bits per heavy atom. The molecule has 2 amide bonds. The summed E-state index contributed by atoms with van der Waals surface area (Å²) in [6.45, 7) is 5.34. The SMILES string of the molecule is CCCN(CCC)C(=O)c1cc(NC(=O)c2ccccc2I)c(=O)n(C)c1. The van der Waals surface area contributed by atoms with Gasteiger partial charge in [0.25, 0.3) is 17.4 Å². The predicted octanol–water partition coefficient (Wildman–Crippen LogP) is 3.50. The van der Waals surface area contributed by atoms with Crippen LogP contribution in [0.5, 0.6) is 0 Å². The van der Waals surface area contributed by atoms with Gasteiger partial charge in [-0.15, -0.1) is 0 Å². The smallest absolute Gasteiger partial charge is 0.274 e. The standard InChI is InChI=1S/C20H24IN3O3/c1-4-10-24(11-5-2)19(26)14-12-17(20(27)23(3)13-14)22-18(25)15-8-6-7-9-16(15)21/h6-9,12-13H,4-5,10-11H2,1-3H3,(H,22,25). The molecule has 6 nitrogen and oxygen atoms in total. The van der Waals surface area contributed by atoms with Crippen molar-refractivity contribution in [3.8, 4) is 0 Å². The van der Waals surface area contributed by atoms with E-state index < -0.39 is 0 Å². The maximum absolute atomic E-state index is 12.8. The third-order valence-electron chi connectivity index (χ3n) is 4.07. The van der Waals surface area contributed by atoms with E-state index in [1.165, 1.54) is 16.8 Å². The highest BCUT2D eigenvalue weighted by Crippen LogP contribution is 2.15. The second-order valence-electron chi connectivity index (χ2n) is 6.28. The number of benzene rings is 1. The second kappa shape index (κ2) is 9.68. The maximum Gasteiger partial charge on any atom is 0.274 e. The number of hydrogen-bond acceptors (Lipinski definition) is 3. The van der Waals surface area contributed by atoms with Crippen LogP contribution in [0.3, 0.4) is 0 Å². The zero-order valence-corrected chi connectivity index (χ0v) is 17.9. The molecule has 2 rings (SSSR count). The summed E-state index contributed by atoms with van der Waals surface area (Å²) in [5, 5.41) is 2.66. The number of carbonyl (C=O) groups excluding carboxylic acids is 2. The summed E-state index contributed by atoms with van der Waals surface area (Å²) in [7, 11) is 1.57. The molecule has 0 spiro atoms. The molecular formula is C20H24IN3O3. The van der Waals surface area contributed by atoms with Gasteiger partial charge in [-0.25, -0.2) is 0 Å². The van der Waals surface area contributed by atoms with Crippen molar-refractivity contribution in [3.63, 3.8) is 0 Å². The molecule has 2 aromatic rings. The van der Waals surface area contributed by atoms with Crippen LogP contribution in [-0.4, -0.2) is 34.4 Å². The first-order valence-corrected chi connectivity index (χ1v) is 10.0. The monoisotopic (exact) mass is 481 g/mol. The Morgan fingerprint density at radius 3 is 2.37 bits per heavy atom. The molecule has 1 N–H and O–H groups in total. The van der Waals surface area contributed by atoms with Gasteiger partial charge in [-0.05, 0) is 53.6 Å². The van der Waals surface area contributed by atoms with E-state index in [4.69, 9.17) is 0 Å². The van der Waals surface area contributed by atoms with Crippen molar-refractivity contribution < 1.29 is 9.59 Å². The number of nitrogens with zero attached hydrogens (tertiary/aromatic N) is 2. The topological polar surface area (TPSA) is 71.4 Å². The predicted molar refractivity (Wildman–Crippen MR) is 115 cm³/mol. The first-order valence-electron chi connectivity index (χ1n) is 8.94. The van der Waals surface area contributed by atoms with Gasteiger partial charge in [0.1, 0.15) is 5.69 Å². The van der Waals surface area contributed by atoms with Crippen molar-refractivity contribution in [3.05, 3.63) is 61.6 Å². The van der Waals surface area contributed by atoms with Crippen molar-refractivity contribution in [2.24, 2.45) is 7.05 Å². The summed E-state index contributed by atoms with van der Waals surface area (Å²) in [4.78, 5) is 39.6. The first kappa shape index (κ1) is 21.1.